The Hall–Kier alpha value is -1.62. The number of rotatable bonds is 7. The maximum atomic E-state index is 13.6. The number of hydrogen-bond donors (Lipinski definition) is 2. The largest absolute Gasteiger partial charge is 0.481 e. The summed E-state index contributed by atoms with van der Waals surface area (Å²) in [5, 5.41) is 11.7. The minimum absolute atomic E-state index is 0.0508. The minimum atomic E-state index is -0.824. The van der Waals surface area contributed by atoms with Gasteiger partial charge in [-0.25, -0.2) is 4.39 Å². The van der Waals surface area contributed by atoms with Crippen LogP contribution in [0, 0.1) is 11.7 Å². The van der Waals surface area contributed by atoms with Crippen molar-refractivity contribution < 1.29 is 19.1 Å². The van der Waals surface area contributed by atoms with Crippen LogP contribution in [0.25, 0.3) is 0 Å². The Balaban J connectivity index is 2.45. The molecule has 2 N–H and O–H groups in total. The van der Waals surface area contributed by atoms with Crippen molar-refractivity contribution in [3.05, 3.63) is 34.6 Å². The van der Waals surface area contributed by atoms with Crippen LogP contribution in [0.3, 0.4) is 0 Å². The van der Waals surface area contributed by atoms with E-state index in [1.54, 1.807) is 13.8 Å². The van der Waals surface area contributed by atoms with Gasteiger partial charge in [-0.2, -0.15) is 0 Å². The van der Waals surface area contributed by atoms with Crippen LogP contribution in [0.15, 0.2) is 18.2 Å². The molecule has 0 spiro atoms. The second-order valence-corrected chi connectivity index (χ2v) is 5.61. The van der Waals surface area contributed by atoms with Gasteiger partial charge < -0.3 is 10.4 Å². The van der Waals surface area contributed by atoms with Crippen LogP contribution in [0.4, 0.5) is 4.39 Å². The van der Waals surface area contributed by atoms with Gasteiger partial charge in [-0.1, -0.05) is 24.9 Å². The van der Waals surface area contributed by atoms with E-state index in [4.69, 9.17) is 16.7 Å². The summed E-state index contributed by atoms with van der Waals surface area (Å²) in [7, 11) is 0. The van der Waals surface area contributed by atoms with Gasteiger partial charge in [0.1, 0.15) is 5.82 Å². The lowest BCUT2D eigenvalue weighted by atomic mass is 10.0. The van der Waals surface area contributed by atoms with Crippen LogP contribution < -0.4 is 5.32 Å². The molecule has 2 atom stereocenters. The fraction of sp³-hybridized carbons (Fsp3) is 0.467. The van der Waals surface area contributed by atoms with Gasteiger partial charge in [0.15, 0.2) is 0 Å². The third kappa shape index (κ3) is 5.71. The van der Waals surface area contributed by atoms with Crippen molar-refractivity contribution in [2.75, 3.05) is 0 Å². The molecule has 1 amide bonds. The van der Waals surface area contributed by atoms with Gasteiger partial charge >= 0.3 is 5.97 Å². The topological polar surface area (TPSA) is 66.4 Å². The summed E-state index contributed by atoms with van der Waals surface area (Å²) in [4.78, 5) is 22.6. The van der Waals surface area contributed by atoms with E-state index in [1.807, 2.05) is 0 Å². The molecule has 2 unspecified atom stereocenters. The van der Waals surface area contributed by atoms with E-state index in [-0.39, 0.29) is 16.6 Å². The van der Waals surface area contributed by atoms with E-state index < -0.39 is 23.6 Å². The van der Waals surface area contributed by atoms with Crippen LogP contribution in [0.1, 0.15) is 43.5 Å². The van der Waals surface area contributed by atoms with Crippen molar-refractivity contribution in [2.24, 2.45) is 5.92 Å². The zero-order chi connectivity index (χ0) is 16.0. The van der Waals surface area contributed by atoms with Gasteiger partial charge in [0.25, 0.3) is 5.91 Å². The number of carboxylic acid groups (broad SMARTS) is 1. The minimum Gasteiger partial charge on any atom is -0.481 e. The quantitative estimate of drug-likeness (QED) is 0.809. The number of benzene rings is 1. The highest BCUT2D eigenvalue weighted by Gasteiger charge is 2.15. The number of aliphatic carboxylic acids is 1. The number of halogens is 2. The Labute approximate surface area is 128 Å². The molecule has 1 rings (SSSR count). The second-order valence-electron chi connectivity index (χ2n) is 5.17. The lowest BCUT2D eigenvalue weighted by Gasteiger charge is -2.15. The number of carboxylic acids is 1. The Kier molecular flexibility index (Phi) is 6.62. The molecule has 1 aromatic rings. The van der Waals surface area contributed by atoms with Gasteiger partial charge in [0.2, 0.25) is 0 Å². The van der Waals surface area contributed by atoms with Crippen molar-refractivity contribution in [1.29, 1.82) is 0 Å². The molecule has 0 aliphatic carbocycles. The van der Waals surface area contributed by atoms with Gasteiger partial charge in [-0.05, 0) is 38.0 Å². The molecule has 6 heteroatoms. The first-order valence-corrected chi connectivity index (χ1v) is 7.17. The van der Waals surface area contributed by atoms with E-state index in [2.05, 4.69) is 5.32 Å². The molecule has 0 heterocycles. The first-order chi connectivity index (χ1) is 9.81. The van der Waals surface area contributed by atoms with Crippen molar-refractivity contribution in [1.82, 2.24) is 5.32 Å². The molecular weight excluding hydrogens is 297 g/mol. The third-order valence-corrected chi connectivity index (χ3v) is 3.48. The average molecular weight is 316 g/mol. The molecule has 0 radical (unpaired) electrons. The number of amides is 1. The summed E-state index contributed by atoms with van der Waals surface area (Å²) in [6, 6.07) is 3.73. The highest BCUT2D eigenvalue weighted by molar-refractivity contribution is 6.30. The van der Waals surface area contributed by atoms with Crippen LogP contribution >= 0.6 is 11.6 Å². The van der Waals surface area contributed by atoms with E-state index >= 15 is 0 Å². The van der Waals surface area contributed by atoms with Gasteiger partial charge in [0, 0.05) is 11.1 Å². The van der Waals surface area contributed by atoms with Gasteiger partial charge in [-0.15, -0.1) is 0 Å². The zero-order valence-corrected chi connectivity index (χ0v) is 12.8. The Morgan fingerprint density at radius 2 is 2.00 bits per heavy atom. The van der Waals surface area contributed by atoms with E-state index in [0.29, 0.717) is 19.3 Å². The second kappa shape index (κ2) is 7.98. The first kappa shape index (κ1) is 17.4. The molecule has 4 nitrogen and oxygen atoms in total. The summed E-state index contributed by atoms with van der Waals surface area (Å²) >= 11 is 5.63. The number of nitrogens with one attached hydrogen (secondary N) is 1. The fourth-order valence-corrected chi connectivity index (χ4v) is 2.06. The highest BCUT2D eigenvalue weighted by atomic mass is 35.5. The standard InChI is InChI=1S/C15H19ClFNO3/c1-9(15(20)21)4-3-5-10(2)18-14(19)12-7-6-11(16)8-13(12)17/h6-10H,3-5H2,1-2H3,(H,18,19)(H,20,21). The maximum Gasteiger partial charge on any atom is 0.306 e. The molecule has 0 bridgehead atoms. The summed E-state index contributed by atoms with van der Waals surface area (Å²) < 4.78 is 13.6. The number of carbonyl (C=O) groups excluding carboxylic acids is 1. The van der Waals surface area contributed by atoms with Crippen molar-refractivity contribution in [2.45, 2.75) is 39.2 Å². The Bertz CT molecular complexity index is 522. The monoisotopic (exact) mass is 315 g/mol. The molecule has 0 aliphatic heterocycles. The van der Waals surface area contributed by atoms with Crippen molar-refractivity contribution >= 4 is 23.5 Å². The molecule has 0 saturated carbocycles. The maximum absolute atomic E-state index is 13.6. The third-order valence-electron chi connectivity index (χ3n) is 3.25. The molecule has 0 fully saturated rings. The summed E-state index contributed by atoms with van der Waals surface area (Å²) in [6.45, 7) is 3.45. The Morgan fingerprint density at radius 1 is 1.33 bits per heavy atom. The van der Waals surface area contributed by atoms with Crippen molar-refractivity contribution in [3.63, 3.8) is 0 Å². The van der Waals surface area contributed by atoms with Crippen LogP contribution in [0.2, 0.25) is 5.02 Å². The van der Waals surface area contributed by atoms with Gasteiger partial charge in [0.05, 0.1) is 11.5 Å². The summed E-state index contributed by atoms with van der Waals surface area (Å²) in [5.74, 6) is -2.38. The molecule has 0 aliphatic rings. The molecule has 0 aromatic heterocycles. The van der Waals surface area contributed by atoms with Crippen LogP contribution in [0.5, 0.6) is 0 Å². The van der Waals surface area contributed by atoms with Crippen LogP contribution in [-0.4, -0.2) is 23.0 Å². The predicted octanol–water partition coefficient (Wildman–Crippen LogP) is 3.49. The molecule has 116 valence electrons. The molecular formula is C15H19ClFNO3. The first-order valence-electron chi connectivity index (χ1n) is 6.80. The lowest BCUT2D eigenvalue weighted by molar-refractivity contribution is -0.141. The number of hydrogen-bond acceptors (Lipinski definition) is 2. The normalized spacial score (nSPS) is 13.5. The SMILES string of the molecule is CC(CCCC(C)C(=O)O)NC(=O)c1ccc(Cl)cc1F. The zero-order valence-electron chi connectivity index (χ0n) is 12.0. The smallest absolute Gasteiger partial charge is 0.306 e. The summed E-state index contributed by atoms with van der Waals surface area (Å²) in [6.07, 6.45) is 1.86. The summed E-state index contributed by atoms with van der Waals surface area (Å²) in [5.41, 5.74) is -0.0508. The van der Waals surface area contributed by atoms with E-state index in [9.17, 15) is 14.0 Å². The fourth-order valence-electron chi connectivity index (χ4n) is 1.90. The number of carbonyl (C=O) groups is 2. The lowest BCUT2D eigenvalue weighted by Crippen LogP contribution is -2.33. The Morgan fingerprint density at radius 3 is 2.57 bits per heavy atom. The highest BCUT2D eigenvalue weighted by Crippen LogP contribution is 2.15. The van der Waals surface area contributed by atoms with E-state index in [0.717, 1.165) is 6.07 Å². The van der Waals surface area contributed by atoms with E-state index in [1.165, 1.54) is 12.1 Å². The molecule has 0 saturated heterocycles. The molecule has 1 aromatic carbocycles. The molecule has 21 heavy (non-hydrogen) atoms. The van der Waals surface area contributed by atoms with Crippen molar-refractivity contribution in [3.8, 4) is 0 Å². The van der Waals surface area contributed by atoms with Gasteiger partial charge in [-0.3, -0.25) is 9.59 Å². The van der Waals surface area contributed by atoms with Crippen LogP contribution in [-0.2, 0) is 4.79 Å². The predicted molar refractivity (Wildman–Crippen MR) is 79.0 cm³/mol. The average Bonchev–Trinajstić information content (AvgIpc) is 2.37.